The minimum Gasteiger partial charge on any atom is -0.314 e. The second kappa shape index (κ2) is 7.05. The lowest BCUT2D eigenvalue weighted by atomic mass is 9.90. The zero-order valence-corrected chi connectivity index (χ0v) is 9.76. The van der Waals surface area contributed by atoms with Gasteiger partial charge < -0.3 is 5.32 Å². The summed E-state index contributed by atoms with van der Waals surface area (Å²) in [7, 11) is 2.02. The third kappa shape index (κ3) is 4.80. The van der Waals surface area contributed by atoms with Crippen molar-refractivity contribution in [1.29, 1.82) is 0 Å². The molecule has 1 atom stereocenters. The molecule has 0 saturated heterocycles. The summed E-state index contributed by atoms with van der Waals surface area (Å²) < 4.78 is 0. The molecule has 1 N–H and O–H groups in total. The van der Waals surface area contributed by atoms with Crippen LogP contribution in [0.4, 0.5) is 0 Å². The molecule has 1 aliphatic carbocycles. The maximum Gasteiger partial charge on any atom is 0.0218 e. The Kier molecular flexibility index (Phi) is 5.93. The molecule has 0 aromatic carbocycles. The van der Waals surface area contributed by atoms with Gasteiger partial charge in [-0.1, -0.05) is 44.3 Å². The lowest BCUT2D eigenvalue weighted by molar-refractivity contribution is 0.433. The fourth-order valence-corrected chi connectivity index (χ4v) is 2.10. The standard InChI is InChI=1S/C13H25N/c1-12(14-2)10-11-13-8-6-4-3-5-7-9-13/h10-14H,3-9H2,1-2H3/b11-10+. The van der Waals surface area contributed by atoms with E-state index in [0.29, 0.717) is 6.04 Å². The van der Waals surface area contributed by atoms with Crippen LogP contribution in [-0.4, -0.2) is 13.1 Å². The van der Waals surface area contributed by atoms with Crippen LogP contribution in [0.25, 0.3) is 0 Å². The van der Waals surface area contributed by atoms with Gasteiger partial charge in [0.15, 0.2) is 0 Å². The zero-order chi connectivity index (χ0) is 10.2. The quantitative estimate of drug-likeness (QED) is 0.680. The summed E-state index contributed by atoms with van der Waals surface area (Å²) in [4.78, 5) is 0. The Morgan fingerprint density at radius 1 is 1.07 bits per heavy atom. The molecule has 82 valence electrons. The Morgan fingerprint density at radius 2 is 1.64 bits per heavy atom. The first-order valence-corrected chi connectivity index (χ1v) is 6.18. The molecule has 1 unspecified atom stereocenters. The maximum absolute atomic E-state index is 3.25. The molecule has 1 fully saturated rings. The van der Waals surface area contributed by atoms with E-state index in [1.54, 1.807) is 0 Å². The van der Waals surface area contributed by atoms with E-state index in [-0.39, 0.29) is 0 Å². The summed E-state index contributed by atoms with van der Waals surface area (Å²) in [6, 6.07) is 0.528. The fourth-order valence-electron chi connectivity index (χ4n) is 2.10. The Hall–Kier alpha value is -0.300. The Balaban J connectivity index is 2.29. The van der Waals surface area contributed by atoms with Gasteiger partial charge in [-0.05, 0) is 32.7 Å². The highest BCUT2D eigenvalue weighted by Gasteiger charge is 2.07. The van der Waals surface area contributed by atoms with Crippen LogP contribution in [0.15, 0.2) is 12.2 Å². The number of allylic oxidation sites excluding steroid dienone is 1. The highest BCUT2D eigenvalue weighted by Crippen LogP contribution is 2.23. The van der Waals surface area contributed by atoms with Crippen LogP contribution in [0.5, 0.6) is 0 Å². The topological polar surface area (TPSA) is 12.0 Å². The van der Waals surface area contributed by atoms with Gasteiger partial charge in [0, 0.05) is 6.04 Å². The van der Waals surface area contributed by atoms with Crippen molar-refractivity contribution in [3.8, 4) is 0 Å². The summed E-state index contributed by atoms with van der Waals surface area (Å²) in [5.74, 6) is 0.853. The first-order valence-electron chi connectivity index (χ1n) is 6.18. The van der Waals surface area contributed by atoms with Crippen molar-refractivity contribution in [3.63, 3.8) is 0 Å². The van der Waals surface area contributed by atoms with Crippen LogP contribution < -0.4 is 5.32 Å². The molecular formula is C13H25N. The normalized spacial score (nSPS) is 23.3. The molecule has 0 aromatic rings. The number of hydrogen-bond donors (Lipinski definition) is 1. The molecule has 1 nitrogen and oxygen atoms in total. The summed E-state index contributed by atoms with van der Waals surface area (Å²) in [6.07, 6.45) is 14.8. The molecule has 0 amide bonds. The van der Waals surface area contributed by atoms with Crippen LogP contribution in [0.3, 0.4) is 0 Å². The predicted molar refractivity (Wildman–Crippen MR) is 63.5 cm³/mol. The summed E-state index contributed by atoms with van der Waals surface area (Å²) in [6.45, 7) is 2.21. The second-order valence-corrected chi connectivity index (χ2v) is 4.57. The van der Waals surface area contributed by atoms with E-state index in [2.05, 4.69) is 24.4 Å². The van der Waals surface area contributed by atoms with Gasteiger partial charge in [-0.25, -0.2) is 0 Å². The number of nitrogens with one attached hydrogen (secondary N) is 1. The van der Waals surface area contributed by atoms with Crippen molar-refractivity contribution in [2.75, 3.05) is 7.05 Å². The molecule has 0 aromatic heterocycles. The minimum absolute atomic E-state index is 0.528. The molecule has 1 heteroatoms. The van der Waals surface area contributed by atoms with E-state index in [1.807, 2.05) is 7.05 Å². The smallest absolute Gasteiger partial charge is 0.0218 e. The molecule has 1 aliphatic rings. The molecule has 0 heterocycles. The molecule has 0 aliphatic heterocycles. The van der Waals surface area contributed by atoms with Gasteiger partial charge in [0.2, 0.25) is 0 Å². The van der Waals surface area contributed by atoms with Gasteiger partial charge in [-0.3, -0.25) is 0 Å². The van der Waals surface area contributed by atoms with Crippen LogP contribution >= 0.6 is 0 Å². The molecule has 1 saturated carbocycles. The summed E-state index contributed by atoms with van der Waals surface area (Å²) in [5.41, 5.74) is 0. The van der Waals surface area contributed by atoms with Gasteiger partial charge in [0.25, 0.3) is 0 Å². The van der Waals surface area contributed by atoms with Crippen LogP contribution in [0, 0.1) is 5.92 Å². The molecule has 14 heavy (non-hydrogen) atoms. The van der Waals surface area contributed by atoms with Crippen LogP contribution in [-0.2, 0) is 0 Å². The summed E-state index contributed by atoms with van der Waals surface area (Å²) in [5, 5.41) is 3.25. The van der Waals surface area contributed by atoms with Crippen molar-refractivity contribution >= 4 is 0 Å². The molecule has 0 radical (unpaired) electrons. The Morgan fingerprint density at radius 3 is 2.21 bits per heavy atom. The third-order valence-corrected chi connectivity index (χ3v) is 3.28. The number of likely N-dealkylation sites (N-methyl/N-ethyl adjacent to an activating group) is 1. The van der Waals surface area contributed by atoms with Crippen molar-refractivity contribution in [2.24, 2.45) is 5.92 Å². The maximum atomic E-state index is 3.25. The average Bonchev–Trinajstić information content (AvgIpc) is 2.15. The minimum atomic E-state index is 0.528. The van der Waals surface area contributed by atoms with Crippen LogP contribution in [0.2, 0.25) is 0 Å². The Bertz CT molecular complexity index is 155. The average molecular weight is 195 g/mol. The first kappa shape index (κ1) is 11.8. The molecule has 0 bridgehead atoms. The van der Waals surface area contributed by atoms with Gasteiger partial charge in [0.05, 0.1) is 0 Å². The van der Waals surface area contributed by atoms with Gasteiger partial charge in [-0.2, -0.15) is 0 Å². The number of hydrogen-bond acceptors (Lipinski definition) is 1. The lowest BCUT2D eigenvalue weighted by Crippen LogP contribution is -2.18. The Labute approximate surface area is 89.0 Å². The predicted octanol–water partition coefficient (Wildman–Crippen LogP) is 3.51. The van der Waals surface area contributed by atoms with E-state index in [4.69, 9.17) is 0 Å². The molecular weight excluding hydrogens is 170 g/mol. The van der Waals surface area contributed by atoms with Crippen molar-refractivity contribution in [3.05, 3.63) is 12.2 Å². The van der Waals surface area contributed by atoms with E-state index in [1.165, 1.54) is 44.9 Å². The number of rotatable bonds is 3. The van der Waals surface area contributed by atoms with Crippen molar-refractivity contribution in [1.82, 2.24) is 5.32 Å². The monoisotopic (exact) mass is 195 g/mol. The van der Waals surface area contributed by atoms with Gasteiger partial charge in [0.1, 0.15) is 0 Å². The second-order valence-electron chi connectivity index (χ2n) is 4.57. The van der Waals surface area contributed by atoms with Crippen molar-refractivity contribution in [2.45, 2.75) is 57.9 Å². The zero-order valence-electron chi connectivity index (χ0n) is 9.76. The highest BCUT2D eigenvalue weighted by atomic mass is 14.8. The first-order chi connectivity index (χ1) is 6.83. The lowest BCUT2D eigenvalue weighted by Gasteiger charge is -2.16. The summed E-state index contributed by atoms with van der Waals surface area (Å²) >= 11 is 0. The van der Waals surface area contributed by atoms with E-state index >= 15 is 0 Å². The molecule has 0 spiro atoms. The SMILES string of the molecule is CNC(C)/C=C/C1CCCCCCC1. The third-order valence-electron chi connectivity index (χ3n) is 3.28. The molecule has 1 rings (SSSR count). The van der Waals surface area contributed by atoms with Crippen molar-refractivity contribution < 1.29 is 0 Å². The van der Waals surface area contributed by atoms with E-state index in [9.17, 15) is 0 Å². The fraction of sp³-hybridized carbons (Fsp3) is 0.846. The van der Waals surface area contributed by atoms with Gasteiger partial charge >= 0.3 is 0 Å². The van der Waals surface area contributed by atoms with E-state index in [0.717, 1.165) is 5.92 Å². The van der Waals surface area contributed by atoms with E-state index < -0.39 is 0 Å². The largest absolute Gasteiger partial charge is 0.314 e. The van der Waals surface area contributed by atoms with Crippen LogP contribution in [0.1, 0.15) is 51.9 Å². The highest BCUT2D eigenvalue weighted by molar-refractivity contribution is 4.94. The van der Waals surface area contributed by atoms with Gasteiger partial charge in [-0.15, -0.1) is 0 Å².